The van der Waals surface area contributed by atoms with Crippen LogP contribution in [-0.2, 0) is 14.8 Å². The van der Waals surface area contributed by atoms with Crippen LogP contribution in [0.3, 0.4) is 0 Å². The highest BCUT2D eigenvalue weighted by Crippen LogP contribution is 2.21. The minimum atomic E-state index is -3.56. The smallest absolute Gasteiger partial charge is 0.243 e. The molecule has 23 heavy (non-hydrogen) atoms. The number of anilines is 1. The molecule has 0 saturated carbocycles. The molecule has 1 aliphatic rings. The number of hydrogen-bond donors (Lipinski definition) is 0. The maximum Gasteiger partial charge on any atom is 0.243 e. The average molecular weight is 330 g/mol. The summed E-state index contributed by atoms with van der Waals surface area (Å²) in [5.41, 5.74) is 0.802. The fourth-order valence-corrected chi connectivity index (χ4v) is 4.12. The van der Waals surface area contributed by atoms with Gasteiger partial charge in [0.2, 0.25) is 15.9 Å². The molecule has 0 unspecified atom stereocenters. The third-order valence-corrected chi connectivity index (χ3v) is 5.81. The highest BCUT2D eigenvalue weighted by molar-refractivity contribution is 7.89. The molecule has 0 bridgehead atoms. The molecule has 0 aromatic heterocycles. The molecule has 1 heterocycles. The maximum atomic E-state index is 12.7. The van der Waals surface area contributed by atoms with Crippen LogP contribution < -0.4 is 4.90 Å². The highest BCUT2D eigenvalue weighted by atomic mass is 32.2. The second-order valence-electron chi connectivity index (χ2n) is 5.35. The Bertz CT molecular complexity index is 776. The number of nitrogens with zero attached hydrogens (tertiary/aromatic N) is 2. The largest absolute Gasteiger partial charge is 0.311 e. The first-order valence-electron chi connectivity index (χ1n) is 7.49. The number of carbonyl (C=O) groups excluding carboxylic acids is 1. The van der Waals surface area contributed by atoms with Crippen LogP contribution in [0.1, 0.15) is 6.42 Å². The van der Waals surface area contributed by atoms with E-state index in [1.54, 1.807) is 35.2 Å². The Morgan fingerprint density at radius 1 is 0.783 bits per heavy atom. The summed E-state index contributed by atoms with van der Waals surface area (Å²) in [5.74, 6) is -0.0537. The predicted octanol–water partition coefficient (Wildman–Crippen LogP) is 2.11. The summed E-state index contributed by atoms with van der Waals surface area (Å²) in [5, 5.41) is 0. The lowest BCUT2D eigenvalue weighted by Gasteiger charge is -2.22. The maximum absolute atomic E-state index is 12.7. The number of amides is 1. The van der Waals surface area contributed by atoms with Gasteiger partial charge in [0.15, 0.2) is 0 Å². The van der Waals surface area contributed by atoms with Crippen molar-refractivity contribution in [1.82, 2.24) is 4.31 Å². The van der Waals surface area contributed by atoms with Gasteiger partial charge in [0, 0.05) is 31.7 Å². The Labute approximate surface area is 136 Å². The van der Waals surface area contributed by atoms with E-state index in [1.807, 2.05) is 30.3 Å². The summed E-state index contributed by atoms with van der Waals surface area (Å²) in [6.07, 6.45) is 0.182. The molecule has 120 valence electrons. The molecule has 1 aliphatic heterocycles. The van der Waals surface area contributed by atoms with Gasteiger partial charge in [0.05, 0.1) is 4.90 Å². The third kappa shape index (κ3) is 3.28. The molecule has 2 aromatic rings. The normalized spacial score (nSPS) is 17.0. The van der Waals surface area contributed by atoms with Crippen molar-refractivity contribution >= 4 is 21.6 Å². The molecule has 2 aromatic carbocycles. The highest BCUT2D eigenvalue weighted by Gasteiger charge is 2.29. The summed E-state index contributed by atoms with van der Waals surface area (Å²) < 4.78 is 26.8. The van der Waals surface area contributed by atoms with E-state index in [0.717, 1.165) is 5.69 Å². The van der Waals surface area contributed by atoms with Gasteiger partial charge in [-0.15, -0.1) is 0 Å². The number of hydrogen-bond acceptors (Lipinski definition) is 3. The van der Waals surface area contributed by atoms with Crippen LogP contribution in [0.4, 0.5) is 5.69 Å². The first-order valence-corrected chi connectivity index (χ1v) is 8.94. The minimum absolute atomic E-state index is 0.0537. The Hall–Kier alpha value is -2.18. The fourth-order valence-electron chi connectivity index (χ4n) is 2.67. The van der Waals surface area contributed by atoms with Crippen LogP contribution in [0, 0.1) is 0 Å². The van der Waals surface area contributed by atoms with E-state index in [4.69, 9.17) is 0 Å². The summed E-state index contributed by atoms with van der Waals surface area (Å²) >= 11 is 0. The second kappa shape index (κ2) is 6.52. The lowest BCUT2D eigenvalue weighted by Crippen LogP contribution is -2.35. The molecule has 5 nitrogen and oxygen atoms in total. The van der Waals surface area contributed by atoms with Gasteiger partial charge in [0.1, 0.15) is 0 Å². The summed E-state index contributed by atoms with van der Waals surface area (Å²) in [4.78, 5) is 14.2. The van der Waals surface area contributed by atoms with Crippen LogP contribution >= 0.6 is 0 Å². The van der Waals surface area contributed by atoms with Gasteiger partial charge < -0.3 is 4.90 Å². The van der Waals surface area contributed by atoms with Crippen molar-refractivity contribution in [3.8, 4) is 0 Å². The summed E-state index contributed by atoms with van der Waals surface area (Å²) in [7, 11) is -3.56. The van der Waals surface area contributed by atoms with Gasteiger partial charge in [-0.25, -0.2) is 8.42 Å². The summed E-state index contributed by atoms with van der Waals surface area (Å²) in [6.45, 7) is 0.853. The molecule has 3 rings (SSSR count). The van der Waals surface area contributed by atoms with E-state index in [0.29, 0.717) is 6.54 Å². The van der Waals surface area contributed by atoms with E-state index in [-0.39, 0.29) is 30.3 Å². The van der Waals surface area contributed by atoms with Crippen molar-refractivity contribution in [3.05, 3.63) is 60.7 Å². The van der Waals surface area contributed by atoms with Crippen molar-refractivity contribution in [1.29, 1.82) is 0 Å². The van der Waals surface area contributed by atoms with Gasteiger partial charge in [-0.1, -0.05) is 36.4 Å². The van der Waals surface area contributed by atoms with Gasteiger partial charge in [-0.05, 0) is 24.3 Å². The molecule has 0 aliphatic carbocycles. The Kier molecular flexibility index (Phi) is 4.45. The number of benzene rings is 2. The first kappa shape index (κ1) is 15.7. The zero-order valence-electron chi connectivity index (χ0n) is 12.6. The molecule has 6 heteroatoms. The number of para-hydroxylation sites is 1. The van der Waals surface area contributed by atoms with E-state index in [1.165, 1.54) is 4.31 Å². The standard InChI is InChI=1S/C17H18N2O3S/c20-17-11-12-18(23(21,22)16-9-5-2-6-10-16)13-14-19(17)15-7-3-1-4-8-15/h1-10H,11-14H2. The van der Waals surface area contributed by atoms with Crippen molar-refractivity contribution in [2.75, 3.05) is 24.5 Å². The average Bonchev–Trinajstić information content (AvgIpc) is 2.79. The van der Waals surface area contributed by atoms with E-state index >= 15 is 0 Å². The van der Waals surface area contributed by atoms with Crippen LogP contribution in [0.2, 0.25) is 0 Å². The van der Waals surface area contributed by atoms with Crippen molar-refractivity contribution in [2.45, 2.75) is 11.3 Å². The van der Waals surface area contributed by atoms with Crippen LogP contribution in [0.5, 0.6) is 0 Å². The second-order valence-corrected chi connectivity index (χ2v) is 7.29. The van der Waals surface area contributed by atoms with Crippen molar-refractivity contribution < 1.29 is 13.2 Å². The number of carbonyl (C=O) groups is 1. The lowest BCUT2D eigenvalue weighted by molar-refractivity contribution is -0.118. The van der Waals surface area contributed by atoms with Gasteiger partial charge in [0.25, 0.3) is 0 Å². The molecule has 1 saturated heterocycles. The molecule has 0 N–H and O–H groups in total. The van der Waals surface area contributed by atoms with Gasteiger partial charge in [-0.2, -0.15) is 4.31 Å². The zero-order chi connectivity index (χ0) is 16.3. The van der Waals surface area contributed by atoms with E-state index in [2.05, 4.69) is 0 Å². The Morgan fingerprint density at radius 3 is 2.04 bits per heavy atom. The quantitative estimate of drug-likeness (QED) is 0.866. The minimum Gasteiger partial charge on any atom is -0.311 e. The van der Waals surface area contributed by atoms with Crippen molar-refractivity contribution in [2.24, 2.45) is 0 Å². The monoisotopic (exact) mass is 330 g/mol. The fraction of sp³-hybridized carbons (Fsp3) is 0.235. The molecular formula is C17H18N2O3S. The van der Waals surface area contributed by atoms with Crippen LogP contribution in [-0.4, -0.2) is 38.3 Å². The van der Waals surface area contributed by atoms with E-state index in [9.17, 15) is 13.2 Å². The van der Waals surface area contributed by atoms with Crippen molar-refractivity contribution in [3.63, 3.8) is 0 Å². The predicted molar refractivity (Wildman–Crippen MR) is 88.6 cm³/mol. The van der Waals surface area contributed by atoms with Crippen LogP contribution in [0.25, 0.3) is 0 Å². The third-order valence-electron chi connectivity index (χ3n) is 3.90. The molecule has 0 radical (unpaired) electrons. The molecule has 0 spiro atoms. The summed E-state index contributed by atoms with van der Waals surface area (Å²) in [6, 6.07) is 17.7. The Balaban J connectivity index is 1.82. The first-order chi connectivity index (χ1) is 11.1. The molecule has 0 atom stereocenters. The van der Waals surface area contributed by atoms with Gasteiger partial charge in [-0.3, -0.25) is 4.79 Å². The van der Waals surface area contributed by atoms with Crippen LogP contribution in [0.15, 0.2) is 65.6 Å². The zero-order valence-corrected chi connectivity index (χ0v) is 13.4. The topological polar surface area (TPSA) is 57.7 Å². The molecular weight excluding hydrogens is 312 g/mol. The SMILES string of the molecule is O=C1CCN(S(=O)(=O)c2ccccc2)CCN1c1ccccc1. The number of sulfonamides is 1. The molecule has 1 fully saturated rings. The van der Waals surface area contributed by atoms with E-state index < -0.39 is 10.0 Å². The van der Waals surface area contributed by atoms with Gasteiger partial charge >= 0.3 is 0 Å². The lowest BCUT2D eigenvalue weighted by atomic mass is 10.2. The number of rotatable bonds is 3. The Morgan fingerprint density at radius 2 is 1.39 bits per heavy atom. The molecule has 1 amide bonds.